The molecule has 2 aromatic carbocycles. The van der Waals surface area contributed by atoms with E-state index in [9.17, 15) is 23.1 Å². The standard InChI is InChI=1S/C23H29N3O5S/c1-32(30,31)25-15-13-24(14-16-25)23(29)22(8-5-17-27)26(18-28)21-11-9-20(10-12-21)19-6-3-2-4-7-19/h2-4,6-7,9-12,18,22,27H,5,8,13-17H2,1H3/t22-/m0/s1. The third-order valence-electron chi connectivity index (χ3n) is 5.66. The summed E-state index contributed by atoms with van der Waals surface area (Å²) in [4.78, 5) is 28.3. The lowest BCUT2D eigenvalue weighted by Crippen LogP contribution is -2.55. The van der Waals surface area contributed by atoms with Crippen molar-refractivity contribution < 1.29 is 23.1 Å². The molecule has 8 nitrogen and oxygen atoms in total. The fourth-order valence-corrected chi connectivity index (χ4v) is 4.71. The third-order valence-corrected chi connectivity index (χ3v) is 6.97. The van der Waals surface area contributed by atoms with Crippen LogP contribution in [0.25, 0.3) is 11.1 Å². The summed E-state index contributed by atoms with van der Waals surface area (Å²) >= 11 is 0. The zero-order valence-corrected chi connectivity index (χ0v) is 18.9. The number of carbonyl (C=O) groups excluding carboxylic acids is 2. The lowest BCUT2D eigenvalue weighted by molar-refractivity contribution is -0.135. The van der Waals surface area contributed by atoms with Gasteiger partial charge in [0.05, 0.1) is 6.26 Å². The van der Waals surface area contributed by atoms with Gasteiger partial charge in [0.1, 0.15) is 6.04 Å². The molecule has 0 bridgehead atoms. The molecule has 0 radical (unpaired) electrons. The number of sulfonamides is 1. The van der Waals surface area contributed by atoms with Crippen LogP contribution in [0.2, 0.25) is 0 Å². The molecule has 0 unspecified atom stereocenters. The summed E-state index contributed by atoms with van der Waals surface area (Å²) in [7, 11) is -3.30. The summed E-state index contributed by atoms with van der Waals surface area (Å²) in [6.45, 7) is 0.891. The van der Waals surface area contributed by atoms with Crippen molar-refractivity contribution in [1.82, 2.24) is 9.21 Å². The van der Waals surface area contributed by atoms with E-state index in [2.05, 4.69) is 0 Å². The summed E-state index contributed by atoms with van der Waals surface area (Å²) < 4.78 is 24.8. The molecule has 1 fully saturated rings. The minimum atomic E-state index is -3.30. The number of hydrogen-bond acceptors (Lipinski definition) is 5. The minimum absolute atomic E-state index is 0.0920. The number of anilines is 1. The number of nitrogens with zero attached hydrogens (tertiary/aromatic N) is 3. The van der Waals surface area contributed by atoms with Crippen LogP contribution in [0.3, 0.4) is 0 Å². The Hall–Kier alpha value is -2.75. The molecule has 0 aromatic heterocycles. The smallest absolute Gasteiger partial charge is 0.245 e. The number of aliphatic hydroxyl groups excluding tert-OH is 1. The Morgan fingerprint density at radius 3 is 2.16 bits per heavy atom. The number of piperazine rings is 1. The molecule has 32 heavy (non-hydrogen) atoms. The highest BCUT2D eigenvalue weighted by Gasteiger charge is 2.33. The van der Waals surface area contributed by atoms with Crippen molar-refractivity contribution in [3.63, 3.8) is 0 Å². The number of benzene rings is 2. The SMILES string of the molecule is CS(=O)(=O)N1CCN(C(=O)[C@H](CCCO)N(C=O)c2ccc(-c3ccccc3)cc2)CC1. The molecular formula is C23H29N3O5S. The second-order valence-electron chi connectivity index (χ2n) is 7.79. The van der Waals surface area contributed by atoms with Gasteiger partial charge in [0.2, 0.25) is 22.3 Å². The van der Waals surface area contributed by atoms with Crippen molar-refractivity contribution in [2.45, 2.75) is 18.9 Å². The Morgan fingerprint density at radius 2 is 1.62 bits per heavy atom. The van der Waals surface area contributed by atoms with Gasteiger partial charge < -0.3 is 14.9 Å². The lowest BCUT2D eigenvalue weighted by atomic mass is 10.0. The maximum Gasteiger partial charge on any atom is 0.245 e. The van der Waals surface area contributed by atoms with Crippen molar-refractivity contribution in [1.29, 1.82) is 0 Å². The van der Waals surface area contributed by atoms with Gasteiger partial charge in [0, 0.05) is 38.5 Å². The van der Waals surface area contributed by atoms with Gasteiger partial charge >= 0.3 is 0 Å². The molecule has 1 N–H and O–H groups in total. The monoisotopic (exact) mass is 459 g/mol. The van der Waals surface area contributed by atoms with Crippen LogP contribution in [0.1, 0.15) is 12.8 Å². The molecule has 1 aliphatic heterocycles. The fourth-order valence-electron chi connectivity index (χ4n) is 3.89. The predicted octanol–water partition coefficient (Wildman–Crippen LogP) is 1.56. The Kier molecular flexibility index (Phi) is 8.00. The zero-order chi connectivity index (χ0) is 23.1. The first-order valence-electron chi connectivity index (χ1n) is 10.6. The minimum Gasteiger partial charge on any atom is -0.396 e. The van der Waals surface area contributed by atoms with E-state index in [-0.39, 0.29) is 38.7 Å². The zero-order valence-electron chi connectivity index (χ0n) is 18.1. The van der Waals surface area contributed by atoms with Crippen LogP contribution in [0.15, 0.2) is 54.6 Å². The molecule has 1 atom stereocenters. The quantitative estimate of drug-likeness (QED) is 0.574. The summed E-state index contributed by atoms with van der Waals surface area (Å²) in [6.07, 6.45) is 2.47. The second kappa shape index (κ2) is 10.7. The summed E-state index contributed by atoms with van der Waals surface area (Å²) in [5.74, 6) is -0.245. The van der Waals surface area contributed by atoms with Crippen molar-refractivity contribution in [3.8, 4) is 11.1 Å². The first kappa shape index (κ1) is 23.9. The van der Waals surface area contributed by atoms with Crippen molar-refractivity contribution in [3.05, 3.63) is 54.6 Å². The second-order valence-corrected chi connectivity index (χ2v) is 9.78. The number of aliphatic hydroxyl groups is 1. The third kappa shape index (κ3) is 5.73. The van der Waals surface area contributed by atoms with E-state index in [0.29, 0.717) is 24.9 Å². The molecule has 3 rings (SSSR count). The van der Waals surface area contributed by atoms with Crippen LogP contribution in [0.5, 0.6) is 0 Å². The van der Waals surface area contributed by atoms with Crippen LogP contribution in [-0.2, 0) is 19.6 Å². The molecule has 9 heteroatoms. The topological polar surface area (TPSA) is 98.2 Å². The lowest BCUT2D eigenvalue weighted by Gasteiger charge is -2.37. The fraction of sp³-hybridized carbons (Fsp3) is 0.391. The number of amides is 2. The Morgan fingerprint density at radius 1 is 1.03 bits per heavy atom. The molecular weight excluding hydrogens is 430 g/mol. The molecule has 0 aliphatic carbocycles. The van der Waals surface area contributed by atoms with Crippen LogP contribution in [0, 0.1) is 0 Å². The van der Waals surface area contributed by atoms with E-state index in [4.69, 9.17) is 0 Å². The molecule has 0 spiro atoms. The highest BCUT2D eigenvalue weighted by atomic mass is 32.2. The highest BCUT2D eigenvalue weighted by Crippen LogP contribution is 2.25. The number of rotatable bonds is 9. The van der Waals surface area contributed by atoms with Crippen LogP contribution < -0.4 is 4.90 Å². The van der Waals surface area contributed by atoms with Crippen LogP contribution in [-0.4, -0.2) is 80.1 Å². The predicted molar refractivity (Wildman–Crippen MR) is 124 cm³/mol. The van der Waals surface area contributed by atoms with Gasteiger partial charge in [-0.1, -0.05) is 42.5 Å². The first-order chi connectivity index (χ1) is 15.3. The van der Waals surface area contributed by atoms with Crippen LogP contribution >= 0.6 is 0 Å². The number of hydrogen-bond donors (Lipinski definition) is 1. The van der Waals surface area contributed by atoms with Crippen molar-refractivity contribution in [2.75, 3.05) is 43.9 Å². The molecule has 2 aromatic rings. The molecule has 172 valence electrons. The van der Waals surface area contributed by atoms with Crippen molar-refractivity contribution >= 4 is 28.0 Å². The Bertz CT molecular complexity index is 1000. The van der Waals surface area contributed by atoms with E-state index >= 15 is 0 Å². The normalized spacial score (nSPS) is 15.9. The maximum atomic E-state index is 13.3. The summed E-state index contributed by atoms with van der Waals surface area (Å²) in [5.41, 5.74) is 2.63. The molecule has 1 aliphatic rings. The molecule has 1 saturated heterocycles. The van der Waals surface area contributed by atoms with E-state index in [1.165, 1.54) is 9.21 Å². The first-order valence-corrected chi connectivity index (χ1v) is 12.4. The molecule has 1 heterocycles. The van der Waals surface area contributed by atoms with Gasteiger partial charge in [-0.3, -0.25) is 9.59 Å². The van der Waals surface area contributed by atoms with Crippen molar-refractivity contribution in [2.24, 2.45) is 0 Å². The highest BCUT2D eigenvalue weighted by molar-refractivity contribution is 7.88. The van der Waals surface area contributed by atoms with Gasteiger partial charge in [-0.15, -0.1) is 0 Å². The van der Waals surface area contributed by atoms with E-state index in [1.807, 2.05) is 42.5 Å². The average molecular weight is 460 g/mol. The molecule has 2 amide bonds. The average Bonchev–Trinajstić information content (AvgIpc) is 2.81. The maximum absolute atomic E-state index is 13.3. The number of carbonyl (C=O) groups is 2. The summed E-state index contributed by atoms with van der Waals surface area (Å²) in [6, 6.07) is 16.5. The van der Waals surface area contributed by atoms with Gasteiger partial charge in [-0.05, 0) is 36.1 Å². The van der Waals surface area contributed by atoms with Crippen LogP contribution in [0.4, 0.5) is 5.69 Å². The van der Waals surface area contributed by atoms with Gasteiger partial charge in [0.15, 0.2) is 0 Å². The Balaban J connectivity index is 1.79. The van der Waals surface area contributed by atoms with Gasteiger partial charge in [-0.2, -0.15) is 4.31 Å². The van der Waals surface area contributed by atoms with Gasteiger partial charge in [-0.25, -0.2) is 8.42 Å². The van der Waals surface area contributed by atoms with Gasteiger partial charge in [0.25, 0.3) is 0 Å². The molecule has 0 saturated carbocycles. The summed E-state index contributed by atoms with van der Waals surface area (Å²) in [5, 5.41) is 9.31. The largest absolute Gasteiger partial charge is 0.396 e. The van der Waals surface area contributed by atoms with E-state index < -0.39 is 16.1 Å². The van der Waals surface area contributed by atoms with E-state index in [0.717, 1.165) is 17.4 Å². The Labute approximate surface area is 189 Å². The van der Waals surface area contributed by atoms with E-state index in [1.54, 1.807) is 17.0 Å².